The molecule has 2 atom stereocenters. The number of ether oxygens (including phenoxy) is 1. The number of nitrogens with zero attached hydrogens (tertiary/aromatic N) is 2. The van der Waals surface area contributed by atoms with E-state index in [4.69, 9.17) is 4.74 Å². The van der Waals surface area contributed by atoms with Crippen LogP contribution in [-0.2, 0) is 21.4 Å². The van der Waals surface area contributed by atoms with Crippen LogP contribution >= 0.6 is 11.3 Å². The molecule has 0 fully saturated rings. The monoisotopic (exact) mass is 718 g/mol. The summed E-state index contributed by atoms with van der Waals surface area (Å²) >= 11 is 1.37. The van der Waals surface area contributed by atoms with Crippen molar-refractivity contribution < 1.29 is 24.2 Å². The lowest BCUT2D eigenvalue weighted by Gasteiger charge is -2.20. The minimum Gasteiger partial charge on any atom is -0.490 e. The van der Waals surface area contributed by atoms with Crippen molar-refractivity contribution in [3.63, 3.8) is 0 Å². The van der Waals surface area contributed by atoms with Crippen LogP contribution in [0.3, 0.4) is 0 Å². The Hall–Kier alpha value is -5.35. The van der Waals surface area contributed by atoms with Crippen LogP contribution in [0.1, 0.15) is 74.5 Å². The molecule has 5 rings (SSSR count). The average Bonchev–Trinajstić information content (AvgIpc) is 3.66. The maximum atomic E-state index is 13.2. The first-order valence-corrected chi connectivity index (χ1v) is 18.4. The number of aromatic nitrogens is 2. The lowest BCUT2D eigenvalue weighted by molar-refractivity contribution is -0.141. The second-order valence-electron chi connectivity index (χ2n) is 13.9. The van der Waals surface area contributed by atoms with Crippen molar-refractivity contribution in [1.82, 2.24) is 20.6 Å². The molecule has 3 N–H and O–H groups in total. The zero-order chi connectivity index (χ0) is 37.4. The molecule has 5 aromatic rings. The SMILES string of the molecule is CCC(CC)Oc1ccc(-c2ccc(-c3cnc(-c4ccc(C[C@H](NC(=O)c5ccc(C(C)(C)C)s5)C(=O)N[C@H](C)C(=O)O)cc4)nc3)cc2)cc1. The minimum absolute atomic E-state index is 0.120. The van der Waals surface area contributed by atoms with Crippen molar-refractivity contribution in [2.45, 2.75) is 84.4 Å². The van der Waals surface area contributed by atoms with Crippen LogP contribution in [0.4, 0.5) is 0 Å². The van der Waals surface area contributed by atoms with E-state index in [1.165, 1.54) is 18.3 Å². The summed E-state index contributed by atoms with van der Waals surface area (Å²) in [6.07, 6.45) is 5.94. The van der Waals surface area contributed by atoms with Crippen molar-refractivity contribution in [3.8, 4) is 39.4 Å². The van der Waals surface area contributed by atoms with Crippen LogP contribution in [-0.4, -0.2) is 51.0 Å². The number of carboxylic acid groups (broad SMARTS) is 1. The number of thiophene rings is 1. The Balaban J connectivity index is 1.25. The molecular weight excluding hydrogens is 673 g/mol. The van der Waals surface area contributed by atoms with Crippen LogP contribution in [0.5, 0.6) is 5.75 Å². The van der Waals surface area contributed by atoms with Gasteiger partial charge in [-0.25, -0.2) is 9.97 Å². The third-order valence-electron chi connectivity index (χ3n) is 8.84. The summed E-state index contributed by atoms with van der Waals surface area (Å²) in [7, 11) is 0. The van der Waals surface area contributed by atoms with Crippen LogP contribution in [0, 0.1) is 0 Å². The quantitative estimate of drug-likeness (QED) is 0.105. The molecule has 0 unspecified atom stereocenters. The summed E-state index contributed by atoms with van der Waals surface area (Å²) in [6.45, 7) is 11.9. The molecule has 52 heavy (non-hydrogen) atoms. The van der Waals surface area contributed by atoms with Gasteiger partial charge in [0, 0.05) is 34.8 Å². The third-order valence-corrected chi connectivity index (χ3v) is 10.4. The second kappa shape index (κ2) is 16.8. The summed E-state index contributed by atoms with van der Waals surface area (Å²) in [5.74, 6) is -0.698. The van der Waals surface area contributed by atoms with E-state index in [9.17, 15) is 19.5 Å². The van der Waals surface area contributed by atoms with E-state index in [0.717, 1.165) is 56.8 Å². The van der Waals surface area contributed by atoms with E-state index in [0.29, 0.717) is 10.7 Å². The first kappa shape index (κ1) is 37.9. The molecule has 0 saturated heterocycles. The molecule has 270 valence electrons. The zero-order valence-corrected chi connectivity index (χ0v) is 31.3. The molecule has 0 aliphatic rings. The van der Waals surface area contributed by atoms with E-state index in [1.54, 1.807) is 18.5 Å². The number of nitrogens with one attached hydrogen (secondary N) is 2. The highest BCUT2D eigenvalue weighted by atomic mass is 32.1. The van der Waals surface area contributed by atoms with Gasteiger partial charge >= 0.3 is 5.97 Å². The number of carbonyl (C=O) groups is 3. The van der Waals surface area contributed by atoms with Gasteiger partial charge in [0.25, 0.3) is 5.91 Å². The molecule has 2 aromatic heterocycles. The molecule has 0 aliphatic heterocycles. The molecule has 10 heteroatoms. The van der Waals surface area contributed by atoms with Gasteiger partial charge in [0.15, 0.2) is 5.82 Å². The van der Waals surface area contributed by atoms with E-state index >= 15 is 0 Å². The maximum Gasteiger partial charge on any atom is 0.325 e. The molecule has 2 heterocycles. The van der Waals surface area contributed by atoms with E-state index in [1.807, 2.05) is 42.5 Å². The number of carboxylic acids is 1. The fourth-order valence-electron chi connectivity index (χ4n) is 5.56. The van der Waals surface area contributed by atoms with Gasteiger partial charge in [0.2, 0.25) is 5.91 Å². The van der Waals surface area contributed by atoms with Gasteiger partial charge in [-0.1, -0.05) is 95.3 Å². The Morgan fingerprint density at radius 2 is 1.29 bits per heavy atom. The van der Waals surface area contributed by atoms with Crippen molar-refractivity contribution in [1.29, 1.82) is 0 Å². The highest BCUT2D eigenvalue weighted by Gasteiger charge is 2.26. The van der Waals surface area contributed by atoms with Gasteiger partial charge in [0.05, 0.1) is 11.0 Å². The molecule has 0 bridgehead atoms. The largest absolute Gasteiger partial charge is 0.490 e. The maximum absolute atomic E-state index is 13.2. The minimum atomic E-state index is -1.16. The number of amides is 2. The van der Waals surface area contributed by atoms with Crippen LogP contribution in [0.25, 0.3) is 33.6 Å². The fraction of sp³-hybridized carbons (Fsp3) is 0.310. The highest BCUT2D eigenvalue weighted by Crippen LogP contribution is 2.30. The van der Waals surface area contributed by atoms with Gasteiger partial charge in [-0.15, -0.1) is 11.3 Å². The molecule has 0 spiro atoms. The van der Waals surface area contributed by atoms with Crippen LogP contribution in [0.2, 0.25) is 0 Å². The first-order chi connectivity index (χ1) is 24.8. The predicted molar refractivity (Wildman–Crippen MR) is 207 cm³/mol. The van der Waals surface area contributed by atoms with Crippen molar-refractivity contribution >= 4 is 29.1 Å². The normalized spacial score (nSPS) is 12.6. The zero-order valence-electron chi connectivity index (χ0n) is 30.5. The summed E-state index contributed by atoms with van der Waals surface area (Å²) < 4.78 is 6.05. The lowest BCUT2D eigenvalue weighted by Crippen LogP contribution is -2.51. The topological polar surface area (TPSA) is 131 Å². The number of hydrogen-bond acceptors (Lipinski definition) is 7. The lowest BCUT2D eigenvalue weighted by atomic mass is 9.95. The number of aliphatic carboxylic acids is 1. The Kier molecular flexibility index (Phi) is 12.2. The van der Waals surface area contributed by atoms with E-state index < -0.39 is 24.0 Å². The number of carbonyl (C=O) groups excluding carboxylic acids is 2. The Labute approximate surface area is 309 Å². The molecule has 0 aliphatic carbocycles. The Morgan fingerprint density at radius 1 is 0.750 bits per heavy atom. The molecule has 3 aromatic carbocycles. The number of benzene rings is 3. The molecule has 0 radical (unpaired) electrons. The second-order valence-corrected chi connectivity index (χ2v) is 14.9. The third kappa shape index (κ3) is 9.70. The summed E-state index contributed by atoms with van der Waals surface area (Å²) in [6, 6.07) is 25.5. The van der Waals surface area contributed by atoms with Gasteiger partial charge in [-0.3, -0.25) is 14.4 Å². The smallest absolute Gasteiger partial charge is 0.325 e. The molecule has 0 saturated carbocycles. The van der Waals surface area contributed by atoms with Crippen LogP contribution < -0.4 is 15.4 Å². The van der Waals surface area contributed by atoms with Gasteiger partial charge in [-0.05, 0) is 71.7 Å². The molecule has 9 nitrogen and oxygen atoms in total. The highest BCUT2D eigenvalue weighted by molar-refractivity contribution is 7.14. The molecular formula is C42H46N4O5S. The fourth-order valence-corrected chi connectivity index (χ4v) is 6.52. The number of rotatable bonds is 14. The average molecular weight is 719 g/mol. The predicted octanol–water partition coefficient (Wildman–Crippen LogP) is 8.33. The standard InChI is InChI=1S/C42H46N4O5S/c1-7-33(8-2)51-34-19-17-29(18-20-34)28-13-15-30(16-14-28)32-24-43-38(44-25-32)31-11-9-27(10-12-31)23-35(39(47)45-26(3)41(49)50)46-40(48)36-21-22-37(52-36)42(4,5)6/h9-22,24-26,33,35H,7-8,23H2,1-6H3,(H,45,47)(H,46,48)(H,49,50)/t26-,35+/m1/s1. The van der Waals surface area contributed by atoms with Crippen molar-refractivity contribution in [3.05, 3.63) is 113 Å². The van der Waals surface area contributed by atoms with Crippen molar-refractivity contribution in [2.75, 3.05) is 0 Å². The van der Waals surface area contributed by atoms with Gasteiger partial charge < -0.3 is 20.5 Å². The molecule has 2 amide bonds. The summed E-state index contributed by atoms with van der Waals surface area (Å²) in [5.41, 5.74) is 5.55. The Bertz CT molecular complexity index is 1960. The number of hydrogen-bond donors (Lipinski definition) is 3. The Morgan fingerprint density at radius 3 is 1.81 bits per heavy atom. The van der Waals surface area contributed by atoms with Crippen molar-refractivity contribution in [2.24, 2.45) is 0 Å². The van der Waals surface area contributed by atoms with Gasteiger partial charge in [-0.2, -0.15) is 0 Å². The first-order valence-electron chi connectivity index (χ1n) is 17.6. The van der Waals surface area contributed by atoms with E-state index in [2.05, 4.69) is 91.6 Å². The summed E-state index contributed by atoms with van der Waals surface area (Å²) in [4.78, 5) is 48.6. The van der Waals surface area contributed by atoms with Gasteiger partial charge in [0.1, 0.15) is 17.8 Å². The summed E-state index contributed by atoms with van der Waals surface area (Å²) in [5, 5.41) is 14.7. The van der Waals surface area contributed by atoms with E-state index in [-0.39, 0.29) is 23.8 Å². The van der Waals surface area contributed by atoms with Crippen LogP contribution in [0.15, 0.2) is 97.3 Å².